The van der Waals surface area contributed by atoms with Gasteiger partial charge in [-0.05, 0) is 57.0 Å². The van der Waals surface area contributed by atoms with E-state index in [1.807, 2.05) is 36.9 Å². The highest BCUT2D eigenvalue weighted by Crippen LogP contribution is 2.32. The van der Waals surface area contributed by atoms with Gasteiger partial charge in [-0.2, -0.15) is 0 Å². The van der Waals surface area contributed by atoms with Gasteiger partial charge in [-0.3, -0.25) is 14.6 Å². The Morgan fingerprint density at radius 3 is 2.70 bits per heavy atom. The largest absolute Gasteiger partial charge is 0.349 e. The van der Waals surface area contributed by atoms with E-state index in [4.69, 9.17) is 4.52 Å². The number of nitrogens with one attached hydrogen (secondary N) is 1. The van der Waals surface area contributed by atoms with Crippen molar-refractivity contribution in [2.45, 2.75) is 32.7 Å². The number of carbonyl (C=O) groups is 2. The molecule has 33 heavy (non-hydrogen) atoms. The third-order valence-electron chi connectivity index (χ3n) is 5.88. The third kappa shape index (κ3) is 4.23. The molecule has 1 saturated heterocycles. The fourth-order valence-electron chi connectivity index (χ4n) is 4.12. The van der Waals surface area contributed by atoms with Crippen LogP contribution in [0.4, 0.5) is 0 Å². The Morgan fingerprint density at radius 2 is 2.00 bits per heavy atom. The van der Waals surface area contributed by atoms with Crippen LogP contribution in [-0.4, -0.2) is 51.0 Å². The molecule has 0 unspecified atom stereocenters. The summed E-state index contributed by atoms with van der Waals surface area (Å²) in [5.41, 5.74) is 2.82. The molecule has 1 aliphatic heterocycles. The van der Waals surface area contributed by atoms with Crippen LogP contribution in [0.15, 0.2) is 47.2 Å². The highest BCUT2D eigenvalue weighted by atomic mass is 32.1. The van der Waals surface area contributed by atoms with Crippen molar-refractivity contribution in [3.05, 3.63) is 64.4 Å². The van der Waals surface area contributed by atoms with Crippen molar-refractivity contribution >= 4 is 34.3 Å². The Balaban J connectivity index is 1.34. The van der Waals surface area contributed by atoms with Crippen LogP contribution in [-0.2, 0) is 0 Å². The third-order valence-corrected chi connectivity index (χ3v) is 6.90. The molecule has 5 rings (SSSR count). The second-order valence-electron chi connectivity index (χ2n) is 8.20. The Bertz CT molecular complexity index is 1320. The molecule has 1 N–H and O–H groups in total. The van der Waals surface area contributed by atoms with Crippen molar-refractivity contribution in [3.8, 4) is 10.6 Å². The predicted octanol–water partition coefficient (Wildman–Crippen LogP) is 4.00. The summed E-state index contributed by atoms with van der Waals surface area (Å²) in [6, 6.07) is 9.37. The second-order valence-corrected chi connectivity index (χ2v) is 9.48. The number of thiophene rings is 1. The number of amides is 2. The Hall–Kier alpha value is -3.59. The first-order valence-corrected chi connectivity index (χ1v) is 11.7. The maximum absolute atomic E-state index is 13.5. The van der Waals surface area contributed by atoms with Crippen LogP contribution in [0.2, 0.25) is 0 Å². The molecule has 168 valence electrons. The van der Waals surface area contributed by atoms with E-state index in [0.717, 1.165) is 4.88 Å². The first kappa shape index (κ1) is 21.3. The van der Waals surface area contributed by atoms with Gasteiger partial charge in [0, 0.05) is 36.4 Å². The van der Waals surface area contributed by atoms with Gasteiger partial charge in [-0.25, -0.2) is 4.98 Å². The minimum Gasteiger partial charge on any atom is -0.349 e. The number of pyridine rings is 2. The highest BCUT2D eigenvalue weighted by Gasteiger charge is 2.28. The predicted molar refractivity (Wildman–Crippen MR) is 125 cm³/mol. The SMILES string of the molecule is Cc1ccc(-c2cc(C(=O)N3CCC(NC(=O)c4cccnc4)CC3)c3c(C)noc3n2)s1. The quantitative estimate of drug-likeness (QED) is 0.493. The normalized spacial score (nSPS) is 14.5. The highest BCUT2D eigenvalue weighted by molar-refractivity contribution is 7.15. The van der Waals surface area contributed by atoms with Gasteiger partial charge >= 0.3 is 0 Å². The molecule has 2 amide bonds. The summed E-state index contributed by atoms with van der Waals surface area (Å²) in [6.45, 7) is 4.96. The molecule has 9 heteroatoms. The molecular weight excluding hydrogens is 438 g/mol. The van der Waals surface area contributed by atoms with Crippen molar-refractivity contribution in [1.82, 2.24) is 25.3 Å². The Morgan fingerprint density at radius 1 is 1.18 bits per heavy atom. The minimum atomic E-state index is -0.139. The van der Waals surface area contributed by atoms with Gasteiger partial charge in [0.05, 0.1) is 32.8 Å². The van der Waals surface area contributed by atoms with E-state index >= 15 is 0 Å². The maximum Gasteiger partial charge on any atom is 0.259 e. The fourth-order valence-corrected chi connectivity index (χ4v) is 4.95. The first-order chi connectivity index (χ1) is 16.0. The van der Waals surface area contributed by atoms with Gasteiger partial charge in [0.2, 0.25) is 0 Å². The minimum absolute atomic E-state index is 0.0150. The number of rotatable bonds is 4. The van der Waals surface area contributed by atoms with E-state index in [1.54, 1.807) is 35.9 Å². The van der Waals surface area contributed by atoms with Gasteiger partial charge in [0.1, 0.15) is 0 Å². The summed E-state index contributed by atoms with van der Waals surface area (Å²) in [5, 5.41) is 7.75. The lowest BCUT2D eigenvalue weighted by atomic mass is 10.0. The van der Waals surface area contributed by atoms with Crippen LogP contribution in [0.25, 0.3) is 21.7 Å². The molecule has 4 aromatic rings. The topological polar surface area (TPSA) is 101 Å². The van der Waals surface area contributed by atoms with Crippen molar-refractivity contribution in [3.63, 3.8) is 0 Å². The molecule has 0 saturated carbocycles. The van der Waals surface area contributed by atoms with Gasteiger partial charge < -0.3 is 14.7 Å². The molecular formula is C24H23N5O3S. The van der Waals surface area contributed by atoms with Gasteiger partial charge in [0.15, 0.2) is 0 Å². The standard InChI is InChI=1S/C24H23N5O3S/c1-14-5-6-20(33-14)19-12-18(21-15(2)28-32-23(21)27-19)24(31)29-10-7-17(8-11-29)26-22(30)16-4-3-9-25-13-16/h3-6,9,12-13,17H,7-8,10-11H2,1-2H3,(H,26,30). The Kier molecular flexibility index (Phi) is 5.63. The molecule has 0 spiro atoms. The molecule has 0 radical (unpaired) electrons. The summed E-state index contributed by atoms with van der Waals surface area (Å²) < 4.78 is 5.42. The number of fused-ring (bicyclic) bond motifs is 1. The number of hydrogen-bond donors (Lipinski definition) is 1. The van der Waals surface area contributed by atoms with Crippen molar-refractivity contribution in [2.75, 3.05) is 13.1 Å². The summed E-state index contributed by atoms with van der Waals surface area (Å²) in [6.07, 6.45) is 4.56. The number of hydrogen-bond acceptors (Lipinski definition) is 7. The van der Waals surface area contributed by atoms with Gasteiger partial charge in [0.25, 0.3) is 17.5 Å². The fraction of sp³-hybridized carbons (Fsp3) is 0.292. The lowest BCUT2D eigenvalue weighted by Crippen LogP contribution is -2.46. The molecule has 1 fully saturated rings. The smallest absolute Gasteiger partial charge is 0.259 e. The molecule has 4 aromatic heterocycles. The maximum atomic E-state index is 13.5. The van der Waals surface area contributed by atoms with E-state index in [2.05, 4.69) is 20.4 Å². The molecule has 0 aliphatic carbocycles. The zero-order valence-electron chi connectivity index (χ0n) is 18.4. The average Bonchev–Trinajstić information content (AvgIpc) is 3.44. The second kappa shape index (κ2) is 8.74. The number of carbonyl (C=O) groups excluding carboxylic acids is 2. The monoisotopic (exact) mass is 461 g/mol. The molecule has 1 aliphatic rings. The van der Waals surface area contributed by atoms with E-state index in [0.29, 0.717) is 59.5 Å². The Labute approximate surface area is 194 Å². The molecule has 0 aromatic carbocycles. The summed E-state index contributed by atoms with van der Waals surface area (Å²) >= 11 is 1.62. The molecule has 0 bridgehead atoms. The van der Waals surface area contributed by atoms with Crippen LogP contribution >= 0.6 is 11.3 Å². The van der Waals surface area contributed by atoms with E-state index in [1.165, 1.54) is 4.88 Å². The van der Waals surface area contributed by atoms with Crippen molar-refractivity contribution in [2.24, 2.45) is 0 Å². The van der Waals surface area contributed by atoms with Gasteiger partial charge in [-0.1, -0.05) is 5.16 Å². The van der Waals surface area contributed by atoms with E-state index in [-0.39, 0.29) is 17.9 Å². The lowest BCUT2D eigenvalue weighted by molar-refractivity contribution is 0.0700. The zero-order chi connectivity index (χ0) is 22.9. The van der Waals surface area contributed by atoms with Gasteiger partial charge in [-0.15, -0.1) is 11.3 Å². The van der Waals surface area contributed by atoms with Crippen LogP contribution in [0.5, 0.6) is 0 Å². The van der Waals surface area contributed by atoms with E-state index in [9.17, 15) is 9.59 Å². The van der Waals surface area contributed by atoms with E-state index < -0.39 is 0 Å². The molecule has 8 nitrogen and oxygen atoms in total. The number of likely N-dealkylation sites (tertiary alicyclic amines) is 1. The van der Waals surface area contributed by atoms with Crippen LogP contribution < -0.4 is 5.32 Å². The summed E-state index contributed by atoms with van der Waals surface area (Å²) in [7, 11) is 0. The average molecular weight is 462 g/mol. The van der Waals surface area contributed by atoms with Crippen LogP contribution in [0.3, 0.4) is 0 Å². The van der Waals surface area contributed by atoms with Crippen LogP contribution in [0.1, 0.15) is 44.1 Å². The zero-order valence-corrected chi connectivity index (χ0v) is 19.2. The number of aryl methyl sites for hydroxylation is 2. The molecule has 5 heterocycles. The van der Waals surface area contributed by atoms with Crippen LogP contribution in [0, 0.1) is 13.8 Å². The molecule has 0 atom stereocenters. The first-order valence-electron chi connectivity index (χ1n) is 10.8. The lowest BCUT2D eigenvalue weighted by Gasteiger charge is -2.32. The summed E-state index contributed by atoms with van der Waals surface area (Å²) in [5.74, 6) is -0.208. The summed E-state index contributed by atoms with van der Waals surface area (Å²) in [4.78, 5) is 38.5. The van der Waals surface area contributed by atoms with Crippen molar-refractivity contribution in [1.29, 1.82) is 0 Å². The number of piperidine rings is 1. The van der Waals surface area contributed by atoms with Crippen molar-refractivity contribution < 1.29 is 14.1 Å². The number of aromatic nitrogens is 3. The number of nitrogens with zero attached hydrogens (tertiary/aromatic N) is 4.